The van der Waals surface area contributed by atoms with Gasteiger partial charge in [0.15, 0.2) is 16.1 Å². The highest BCUT2D eigenvalue weighted by molar-refractivity contribution is 8.14. The monoisotopic (exact) mass is 1030 g/mol. The first-order valence-electron chi connectivity index (χ1n) is 21.7. The van der Waals surface area contributed by atoms with E-state index in [1.54, 1.807) is 36.0 Å². The van der Waals surface area contributed by atoms with Gasteiger partial charge in [0.2, 0.25) is 11.9 Å². The van der Waals surface area contributed by atoms with Crippen LogP contribution < -0.4 is 11.5 Å². The number of carbonyl (C=O) groups is 3. The van der Waals surface area contributed by atoms with Crippen LogP contribution in [0, 0.1) is 23.7 Å². The zero-order valence-electron chi connectivity index (χ0n) is 38.9. The van der Waals surface area contributed by atoms with E-state index in [2.05, 4.69) is 44.6 Å². The molecule has 68 heavy (non-hydrogen) atoms. The minimum atomic E-state index is -1.27. The lowest BCUT2D eigenvalue weighted by Gasteiger charge is -2.34. The van der Waals surface area contributed by atoms with Gasteiger partial charge in [-0.15, -0.1) is 0 Å². The lowest BCUT2D eigenvalue weighted by atomic mass is 9.87. The SMILES string of the molecule is CC(C)(C)OC(=O)N(COCC[Si](C)(C)C)C1=N[C@](C)(c2cc(N)cnc2F)[C@@H]2C[C@@H]2S1.C[C@]1(c2cc(CC(=O)c3ccc(Cl)cn3)cnc2F)N=C(N)S[C@H]2C[C@H]21.O=C(O)c1ccc(Cl)cn1. The minimum Gasteiger partial charge on any atom is -0.477 e. The van der Waals surface area contributed by atoms with Crippen molar-refractivity contribution in [3.63, 3.8) is 0 Å². The first-order valence-corrected chi connectivity index (χ1v) is 27.9. The number of nitrogens with two attached hydrogens (primary N) is 2. The summed E-state index contributed by atoms with van der Waals surface area (Å²) >= 11 is 14.3. The number of amidine groups is 2. The third-order valence-corrected chi connectivity index (χ3v) is 16.0. The molecule has 22 heteroatoms. The number of hydrogen-bond donors (Lipinski definition) is 3. The van der Waals surface area contributed by atoms with Gasteiger partial charge in [-0.1, -0.05) is 66.4 Å². The molecule has 2 aliphatic heterocycles. The van der Waals surface area contributed by atoms with Gasteiger partial charge in [0.05, 0.1) is 33.0 Å². The van der Waals surface area contributed by atoms with Crippen LogP contribution in [0.25, 0.3) is 0 Å². The second kappa shape index (κ2) is 21.1. The Kier molecular flexibility index (Phi) is 16.3. The fourth-order valence-corrected chi connectivity index (χ4v) is 11.3. The normalized spacial score (nSPS) is 23.4. The number of anilines is 1. The Morgan fingerprint density at radius 1 is 0.838 bits per heavy atom. The Hall–Kier alpha value is -4.73. The van der Waals surface area contributed by atoms with Gasteiger partial charge in [0.25, 0.3) is 0 Å². The fraction of sp³-hybridized carbons (Fsp3) is 0.457. The summed E-state index contributed by atoms with van der Waals surface area (Å²) < 4.78 is 40.7. The third kappa shape index (κ3) is 13.5. The van der Waals surface area contributed by atoms with Crippen LogP contribution in [0.5, 0.6) is 0 Å². The van der Waals surface area contributed by atoms with Crippen molar-refractivity contribution >= 4 is 88.7 Å². The molecular formula is C46H55Cl2F2N9O6S2Si. The highest BCUT2D eigenvalue weighted by Gasteiger charge is 2.58. The first kappa shape index (κ1) is 52.6. The van der Waals surface area contributed by atoms with E-state index in [0.29, 0.717) is 60.3 Å². The lowest BCUT2D eigenvalue weighted by Crippen LogP contribution is -2.44. The molecule has 1 amide bonds. The maximum Gasteiger partial charge on any atom is 0.418 e. The number of ether oxygens (including phenoxy) is 2. The molecule has 2 aliphatic carbocycles. The number of nitrogen functional groups attached to an aromatic ring is 1. The Labute approximate surface area is 413 Å². The molecule has 0 bridgehead atoms. The summed E-state index contributed by atoms with van der Waals surface area (Å²) in [6.07, 6.45) is 6.78. The van der Waals surface area contributed by atoms with Crippen molar-refractivity contribution < 1.29 is 37.7 Å². The second-order valence-corrected chi connectivity index (χ2v) is 28.3. The number of carbonyl (C=O) groups excluding carboxylic acids is 2. The number of ketones is 1. The predicted octanol–water partition coefficient (Wildman–Crippen LogP) is 9.85. The van der Waals surface area contributed by atoms with Crippen LogP contribution in [0.4, 0.5) is 19.3 Å². The Balaban J connectivity index is 0.000000188. The lowest BCUT2D eigenvalue weighted by molar-refractivity contribution is 0.0110. The fourth-order valence-electron chi connectivity index (χ4n) is 7.49. The average Bonchev–Trinajstić information content (AvgIpc) is 4.19. The minimum absolute atomic E-state index is 0.00407. The summed E-state index contributed by atoms with van der Waals surface area (Å²) in [6, 6.07) is 10.3. The highest BCUT2D eigenvalue weighted by atomic mass is 35.5. The summed E-state index contributed by atoms with van der Waals surface area (Å²) in [4.78, 5) is 61.8. The predicted molar refractivity (Wildman–Crippen MR) is 266 cm³/mol. The number of thioether (sulfide) groups is 2. The van der Waals surface area contributed by atoms with Crippen molar-refractivity contribution in [2.75, 3.05) is 19.1 Å². The summed E-state index contributed by atoms with van der Waals surface area (Å²) in [5.41, 5.74) is 11.6. The first-order chi connectivity index (χ1) is 31.8. The molecule has 6 heterocycles. The van der Waals surface area contributed by atoms with E-state index in [4.69, 9.17) is 54.2 Å². The topological polar surface area (TPSA) is 221 Å². The molecule has 4 aromatic heterocycles. The number of nitrogens with zero attached hydrogens (tertiary/aromatic N) is 7. The maximum absolute atomic E-state index is 14.7. The van der Waals surface area contributed by atoms with Gasteiger partial charge in [0.1, 0.15) is 23.7 Å². The van der Waals surface area contributed by atoms with Crippen molar-refractivity contribution in [3.05, 3.63) is 111 Å². The van der Waals surface area contributed by atoms with Crippen LogP contribution in [-0.4, -0.2) is 95.6 Å². The summed E-state index contributed by atoms with van der Waals surface area (Å²) in [7, 11) is -1.27. The highest BCUT2D eigenvalue weighted by Crippen LogP contribution is 2.59. The van der Waals surface area contributed by atoms with Crippen LogP contribution in [0.15, 0.2) is 71.2 Å². The van der Waals surface area contributed by atoms with Gasteiger partial charge in [-0.05, 0) is 95.5 Å². The molecule has 2 saturated carbocycles. The zero-order valence-corrected chi connectivity index (χ0v) is 43.1. The molecule has 364 valence electrons. The molecule has 0 spiro atoms. The van der Waals surface area contributed by atoms with E-state index in [1.165, 1.54) is 53.6 Å². The maximum atomic E-state index is 14.7. The van der Waals surface area contributed by atoms with Gasteiger partial charge in [-0.25, -0.2) is 29.4 Å². The number of amides is 1. The van der Waals surface area contributed by atoms with E-state index < -0.39 is 48.7 Å². The molecular weight excluding hydrogens is 976 g/mol. The summed E-state index contributed by atoms with van der Waals surface area (Å²) in [5.74, 6) is -1.99. The smallest absolute Gasteiger partial charge is 0.418 e. The number of aromatic carboxylic acids is 1. The molecule has 8 rings (SSSR count). The van der Waals surface area contributed by atoms with Crippen LogP contribution in [-0.2, 0) is 27.0 Å². The zero-order chi connectivity index (χ0) is 49.9. The van der Waals surface area contributed by atoms with Crippen LogP contribution >= 0.6 is 46.7 Å². The number of carboxylic acids is 1. The molecule has 4 aromatic rings. The number of aliphatic imine (C=N–C) groups is 2. The van der Waals surface area contributed by atoms with Crippen molar-refractivity contribution in [1.29, 1.82) is 0 Å². The van der Waals surface area contributed by atoms with Crippen LogP contribution in [0.3, 0.4) is 0 Å². The summed E-state index contributed by atoms with van der Waals surface area (Å²) in [6.45, 7) is 16.6. The van der Waals surface area contributed by atoms with Crippen molar-refractivity contribution in [1.82, 2.24) is 24.8 Å². The number of halogens is 4. The molecule has 0 aromatic carbocycles. The van der Waals surface area contributed by atoms with Crippen LogP contribution in [0.1, 0.15) is 85.1 Å². The standard InChI is InChI=1S/C22H35FN4O3SSi.C18H16ClFN4OS.C6H4ClNO2/c1-21(2,3)30-20(28)27(13-29-8-9-32(5,6)7)19-26-22(4,15-11-17(15)31-19)16-10-14(24)12-25-18(16)23;1-18(11-6-15(11)26-17(21)24-18)12-4-9(7-23-16(12)20)5-14(25)13-3-2-10(19)8-22-13;7-4-1-2-5(6(9)10)8-3-4/h10,12,15,17H,8-9,11,13,24H2,1-7H3;2-4,7-8,11,15H,5-6H2,1H3,(H2,21,24);1-3H,(H,9,10)/t15-,17+,22+;11-,15+,18+;/m11./s1. The molecule has 4 aliphatic rings. The van der Waals surface area contributed by atoms with Gasteiger partial charge < -0.3 is 26.0 Å². The molecule has 0 unspecified atom stereocenters. The van der Waals surface area contributed by atoms with E-state index in [0.717, 1.165) is 18.9 Å². The molecule has 0 saturated heterocycles. The number of pyridine rings is 4. The van der Waals surface area contributed by atoms with E-state index >= 15 is 0 Å². The van der Waals surface area contributed by atoms with E-state index in [9.17, 15) is 23.2 Å². The molecule has 6 atom stereocenters. The second-order valence-electron chi connectivity index (χ2n) is 19.3. The van der Waals surface area contributed by atoms with Crippen molar-refractivity contribution in [2.45, 2.75) is 107 Å². The Bertz CT molecular complexity index is 2590. The Morgan fingerprint density at radius 3 is 1.96 bits per heavy atom. The molecule has 0 radical (unpaired) electrons. The van der Waals surface area contributed by atoms with Crippen molar-refractivity contribution in [3.8, 4) is 0 Å². The number of aromatic nitrogens is 4. The largest absolute Gasteiger partial charge is 0.477 e. The Morgan fingerprint density at radius 2 is 1.40 bits per heavy atom. The third-order valence-electron chi connectivity index (χ3n) is 11.3. The van der Waals surface area contributed by atoms with Gasteiger partial charge in [-0.2, -0.15) is 8.78 Å². The molecule has 5 N–H and O–H groups in total. The summed E-state index contributed by atoms with van der Waals surface area (Å²) in [5, 5.41) is 10.8. The van der Waals surface area contributed by atoms with Gasteiger partial charge >= 0.3 is 12.1 Å². The van der Waals surface area contributed by atoms with E-state index in [1.807, 2.05) is 34.6 Å². The molecule has 2 fully saturated rings. The van der Waals surface area contributed by atoms with Gasteiger partial charge in [-0.3, -0.25) is 19.8 Å². The number of carboxylic acid groups (broad SMARTS) is 1. The number of rotatable bonds is 11. The number of hydrogen-bond acceptors (Lipinski definition) is 15. The number of Topliss-reactive ketones (excluding diaryl/α,β-unsaturated/α-hetero) is 1. The van der Waals surface area contributed by atoms with Crippen molar-refractivity contribution in [2.24, 2.45) is 27.6 Å². The molecule has 15 nitrogen and oxygen atoms in total. The van der Waals surface area contributed by atoms with Gasteiger partial charge in [0, 0.05) is 73.2 Å². The van der Waals surface area contributed by atoms with Crippen LogP contribution in [0.2, 0.25) is 35.7 Å². The number of fused-ring (bicyclic) bond motifs is 2. The van der Waals surface area contributed by atoms with E-state index in [-0.39, 0.29) is 41.7 Å². The average molecular weight is 1030 g/mol. The quantitative estimate of drug-likeness (QED) is 0.0419.